The molecule has 0 saturated heterocycles. The second-order valence-electron chi connectivity index (χ2n) is 4.18. The van der Waals surface area contributed by atoms with Crippen molar-refractivity contribution in [3.8, 4) is 0 Å². The molecule has 0 aliphatic carbocycles. The lowest BCUT2D eigenvalue weighted by molar-refractivity contribution is 0.318. The van der Waals surface area contributed by atoms with Gasteiger partial charge in [0.15, 0.2) is 5.84 Å². The number of aromatic nitrogens is 1. The monoisotopic (exact) mass is 276 g/mol. The van der Waals surface area contributed by atoms with Crippen molar-refractivity contribution in [2.24, 2.45) is 10.9 Å². The molecular weight excluding hydrogens is 260 g/mol. The molecule has 0 amide bonds. The van der Waals surface area contributed by atoms with E-state index < -0.39 is 0 Å². The molecule has 0 aliphatic rings. The third kappa shape index (κ3) is 3.30. The van der Waals surface area contributed by atoms with Gasteiger partial charge < -0.3 is 16.3 Å². The van der Waals surface area contributed by atoms with Crippen molar-refractivity contribution >= 4 is 17.2 Å². The van der Waals surface area contributed by atoms with Crippen LogP contribution in [0.15, 0.2) is 34.2 Å². The number of nitrogens with zero attached hydrogens (tertiary/aromatic N) is 2. The fraction of sp³-hybridized carbons (Fsp3) is 0.231. The smallest absolute Gasteiger partial charge is 0.189 e. The molecular formula is C13H16N4OS. The molecule has 0 atom stereocenters. The van der Waals surface area contributed by atoms with Crippen molar-refractivity contribution in [3.63, 3.8) is 0 Å². The summed E-state index contributed by atoms with van der Waals surface area (Å²) in [4.78, 5) is 4.13. The van der Waals surface area contributed by atoms with Gasteiger partial charge in [0.1, 0.15) is 5.69 Å². The highest BCUT2D eigenvalue weighted by atomic mass is 32.1. The van der Waals surface area contributed by atoms with E-state index in [1.165, 1.54) is 11.1 Å². The number of hydrogen-bond donors (Lipinski definition) is 3. The molecule has 5 nitrogen and oxygen atoms in total. The lowest BCUT2D eigenvalue weighted by Gasteiger charge is -2.08. The molecule has 2 aromatic rings. The Labute approximate surface area is 115 Å². The number of hydrogen-bond acceptors (Lipinski definition) is 5. The summed E-state index contributed by atoms with van der Waals surface area (Å²) in [6.07, 6.45) is 1.62. The van der Waals surface area contributed by atoms with Crippen molar-refractivity contribution in [3.05, 3.63) is 51.5 Å². The van der Waals surface area contributed by atoms with Crippen molar-refractivity contribution in [1.29, 1.82) is 0 Å². The van der Waals surface area contributed by atoms with Crippen LogP contribution in [0.25, 0.3) is 0 Å². The van der Waals surface area contributed by atoms with Gasteiger partial charge in [0, 0.05) is 19.3 Å². The van der Waals surface area contributed by atoms with Crippen molar-refractivity contribution in [1.82, 2.24) is 10.3 Å². The zero-order valence-corrected chi connectivity index (χ0v) is 11.4. The van der Waals surface area contributed by atoms with Crippen molar-refractivity contribution in [2.45, 2.75) is 20.0 Å². The van der Waals surface area contributed by atoms with Gasteiger partial charge in [0.2, 0.25) is 0 Å². The zero-order valence-electron chi connectivity index (χ0n) is 10.6. The molecule has 0 radical (unpaired) electrons. The minimum Gasteiger partial charge on any atom is -0.409 e. The molecule has 0 bridgehead atoms. The van der Waals surface area contributed by atoms with Crippen molar-refractivity contribution < 1.29 is 5.21 Å². The normalized spacial score (nSPS) is 11.7. The summed E-state index contributed by atoms with van der Waals surface area (Å²) in [6, 6.07) is 3.74. The van der Waals surface area contributed by atoms with Crippen LogP contribution in [0.1, 0.15) is 22.4 Å². The van der Waals surface area contributed by atoms with E-state index in [2.05, 4.69) is 33.1 Å². The molecule has 0 spiro atoms. The largest absolute Gasteiger partial charge is 0.409 e. The molecule has 0 aliphatic heterocycles. The Morgan fingerprint density at radius 2 is 2.21 bits per heavy atom. The maximum Gasteiger partial charge on any atom is 0.189 e. The summed E-state index contributed by atoms with van der Waals surface area (Å²) in [5, 5.41) is 19.3. The van der Waals surface area contributed by atoms with Gasteiger partial charge in [-0.1, -0.05) is 11.2 Å². The summed E-state index contributed by atoms with van der Waals surface area (Å²) in [5.74, 6) is 0.0316. The van der Waals surface area contributed by atoms with Gasteiger partial charge in [0.25, 0.3) is 0 Å². The second-order valence-corrected chi connectivity index (χ2v) is 4.92. The molecule has 0 aromatic carbocycles. The van der Waals surface area contributed by atoms with E-state index in [1.807, 2.05) is 12.1 Å². The fourth-order valence-electron chi connectivity index (χ4n) is 1.76. The molecule has 2 rings (SSSR count). The number of oxime groups is 1. The average Bonchev–Trinajstić information content (AvgIpc) is 2.84. The first-order valence-electron chi connectivity index (χ1n) is 5.86. The number of aryl methyl sites for hydroxylation is 1. The molecule has 2 heterocycles. The van der Waals surface area contributed by atoms with Gasteiger partial charge in [0.05, 0.1) is 0 Å². The van der Waals surface area contributed by atoms with Crippen LogP contribution in [0.2, 0.25) is 0 Å². The van der Waals surface area contributed by atoms with E-state index in [-0.39, 0.29) is 5.84 Å². The van der Waals surface area contributed by atoms with Crippen LogP contribution in [0.5, 0.6) is 0 Å². The van der Waals surface area contributed by atoms with Crippen LogP contribution in [-0.2, 0) is 13.1 Å². The van der Waals surface area contributed by atoms with Gasteiger partial charge in [-0.3, -0.25) is 4.98 Å². The Hall–Kier alpha value is -1.92. The summed E-state index contributed by atoms with van der Waals surface area (Å²) < 4.78 is 0. The number of amidine groups is 1. The number of nitrogens with one attached hydrogen (secondary N) is 1. The van der Waals surface area contributed by atoms with E-state index in [0.29, 0.717) is 12.2 Å². The highest BCUT2D eigenvalue weighted by Crippen LogP contribution is 2.13. The number of pyridine rings is 1. The van der Waals surface area contributed by atoms with Crippen LogP contribution in [0, 0.1) is 6.92 Å². The Morgan fingerprint density at radius 1 is 1.42 bits per heavy atom. The molecule has 0 saturated carbocycles. The first-order valence-corrected chi connectivity index (χ1v) is 6.81. The molecule has 100 valence electrons. The Morgan fingerprint density at radius 3 is 2.89 bits per heavy atom. The first kappa shape index (κ1) is 13.5. The summed E-state index contributed by atoms with van der Waals surface area (Å²) in [7, 11) is 0. The average molecular weight is 276 g/mol. The Balaban J connectivity index is 2.02. The molecule has 0 fully saturated rings. The van der Waals surface area contributed by atoms with Crippen molar-refractivity contribution in [2.75, 3.05) is 0 Å². The van der Waals surface area contributed by atoms with Gasteiger partial charge in [-0.15, -0.1) is 0 Å². The SMILES string of the molecule is Cc1cscc1CNCc1cccnc1C(N)=NO. The molecule has 19 heavy (non-hydrogen) atoms. The number of thiophene rings is 1. The Kier molecular flexibility index (Phi) is 4.48. The maximum absolute atomic E-state index is 8.73. The zero-order chi connectivity index (χ0) is 13.7. The van der Waals surface area contributed by atoms with E-state index in [4.69, 9.17) is 10.9 Å². The van der Waals surface area contributed by atoms with Crippen LogP contribution in [0.4, 0.5) is 0 Å². The summed E-state index contributed by atoms with van der Waals surface area (Å²) in [5.41, 5.74) is 9.60. The fourth-order valence-corrected chi connectivity index (χ4v) is 2.62. The lowest BCUT2D eigenvalue weighted by atomic mass is 10.1. The maximum atomic E-state index is 8.73. The van der Waals surface area contributed by atoms with E-state index in [1.54, 1.807) is 17.5 Å². The minimum absolute atomic E-state index is 0.0316. The predicted molar refractivity (Wildman–Crippen MR) is 76.3 cm³/mol. The van der Waals surface area contributed by atoms with Gasteiger partial charge in [-0.2, -0.15) is 11.3 Å². The third-order valence-corrected chi connectivity index (χ3v) is 3.74. The lowest BCUT2D eigenvalue weighted by Crippen LogP contribution is -2.21. The highest BCUT2D eigenvalue weighted by Gasteiger charge is 2.08. The van der Waals surface area contributed by atoms with Gasteiger partial charge in [-0.05, 0) is 40.4 Å². The molecule has 2 aromatic heterocycles. The van der Waals surface area contributed by atoms with E-state index in [0.717, 1.165) is 12.1 Å². The highest BCUT2D eigenvalue weighted by molar-refractivity contribution is 7.08. The third-order valence-electron chi connectivity index (χ3n) is 2.83. The first-order chi connectivity index (χ1) is 9.22. The predicted octanol–water partition coefficient (Wildman–Crippen LogP) is 1.84. The molecule has 0 unspecified atom stereocenters. The topological polar surface area (TPSA) is 83.5 Å². The quantitative estimate of drug-likeness (QED) is 0.337. The van der Waals surface area contributed by atoms with Gasteiger partial charge in [-0.25, -0.2) is 0 Å². The second kappa shape index (κ2) is 6.31. The van der Waals surface area contributed by atoms with Crippen LogP contribution in [-0.4, -0.2) is 16.0 Å². The van der Waals surface area contributed by atoms with Gasteiger partial charge >= 0.3 is 0 Å². The van der Waals surface area contributed by atoms with Crippen LogP contribution < -0.4 is 11.1 Å². The summed E-state index contributed by atoms with van der Waals surface area (Å²) in [6.45, 7) is 3.51. The minimum atomic E-state index is 0.0316. The molecule has 6 heteroatoms. The number of rotatable bonds is 5. The number of nitrogens with two attached hydrogens (primary N) is 1. The van der Waals surface area contributed by atoms with E-state index in [9.17, 15) is 0 Å². The van der Waals surface area contributed by atoms with Crippen LogP contribution >= 0.6 is 11.3 Å². The summed E-state index contributed by atoms with van der Waals surface area (Å²) >= 11 is 1.70. The Bertz CT molecular complexity index is 580. The van der Waals surface area contributed by atoms with Crippen LogP contribution in [0.3, 0.4) is 0 Å². The standard InChI is InChI=1S/C13H16N4OS/c1-9-7-19-8-11(9)6-15-5-10-3-2-4-16-12(10)13(14)17-18/h2-4,7-8,15,18H,5-6H2,1H3,(H2,14,17). The molecule has 4 N–H and O–H groups in total. The van der Waals surface area contributed by atoms with E-state index >= 15 is 0 Å².